The summed E-state index contributed by atoms with van der Waals surface area (Å²) >= 11 is 3.18. The van der Waals surface area contributed by atoms with Crippen LogP contribution in [0.25, 0.3) is 0 Å². The Balaban J connectivity index is 2.00. The lowest BCUT2D eigenvalue weighted by atomic mass is 10.1. The maximum Gasteiger partial charge on any atom is 0.254 e. The minimum atomic E-state index is -0.884. The molecule has 0 heterocycles. The van der Waals surface area contributed by atoms with E-state index < -0.39 is 17.8 Å². The Bertz CT molecular complexity index is 647. The van der Waals surface area contributed by atoms with E-state index in [4.69, 9.17) is 5.73 Å². The minimum absolute atomic E-state index is 0.0191. The molecule has 21 heavy (non-hydrogen) atoms. The third-order valence-electron chi connectivity index (χ3n) is 2.95. The van der Waals surface area contributed by atoms with Crippen LogP contribution in [0.4, 0.5) is 10.1 Å². The van der Waals surface area contributed by atoms with E-state index in [9.17, 15) is 14.3 Å². The van der Waals surface area contributed by atoms with Crippen molar-refractivity contribution in [2.24, 2.45) is 0 Å². The first kappa shape index (κ1) is 15.5. The highest BCUT2D eigenvalue weighted by molar-refractivity contribution is 9.10. The van der Waals surface area contributed by atoms with Crippen LogP contribution in [0.15, 0.2) is 46.9 Å². The van der Waals surface area contributed by atoms with E-state index in [0.717, 1.165) is 0 Å². The highest BCUT2D eigenvalue weighted by Gasteiger charge is 2.14. The van der Waals surface area contributed by atoms with Gasteiger partial charge in [0, 0.05) is 16.7 Å². The molecule has 0 aliphatic carbocycles. The van der Waals surface area contributed by atoms with Crippen molar-refractivity contribution < 1.29 is 14.3 Å². The van der Waals surface area contributed by atoms with Gasteiger partial charge in [0.15, 0.2) is 0 Å². The van der Waals surface area contributed by atoms with Crippen LogP contribution in [-0.4, -0.2) is 17.6 Å². The van der Waals surface area contributed by atoms with Crippen LogP contribution < -0.4 is 11.1 Å². The van der Waals surface area contributed by atoms with Gasteiger partial charge in [-0.15, -0.1) is 0 Å². The van der Waals surface area contributed by atoms with E-state index in [0.29, 0.717) is 15.7 Å². The fraction of sp³-hybridized carbons (Fsp3) is 0.133. The summed E-state index contributed by atoms with van der Waals surface area (Å²) in [5, 5.41) is 12.5. The van der Waals surface area contributed by atoms with Gasteiger partial charge in [0.2, 0.25) is 0 Å². The Kier molecular flexibility index (Phi) is 4.93. The number of hydrogen-bond acceptors (Lipinski definition) is 3. The number of nitrogen functional groups attached to an aromatic ring is 1. The quantitative estimate of drug-likeness (QED) is 0.740. The molecule has 1 unspecified atom stereocenters. The normalized spacial score (nSPS) is 12.0. The molecule has 0 fully saturated rings. The van der Waals surface area contributed by atoms with E-state index in [1.807, 2.05) is 0 Å². The average molecular weight is 353 g/mol. The van der Waals surface area contributed by atoms with Gasteiger partial charge in [-0.25, -0.2) is 4.39 Å². The SMILES string of the molecule is Nc1ccc(C(O)CNC(=O)c2cc(Br)ccc2F)cc1. The van der Waals surface area contributed by atoms with Crippen LogP contribution in [0, 0.1) is 5.82 Å². The second-order valence-corrected chi connectivity index (χ2v) is 5.43. The van der Waals surface area contributed by atoms with E-state index >= 15 is 0 Å². The van der Waals surface area contributed by atoms with Gasteiger partial charge in [-0.3, -0.25) is 4.79 Å². The molecule has 0 aliphatic heterocycles. The Morgan fingerprint density at radius 1 is 1.29 bits per heavy atom. The van der Waals surface area contributed by atoms with E-state index in [-0.39, 0.29) is 12.1 Å². The molecule has 2 aromatic rings. The van der Waals surface area contributed by atoms with Crippen molar-refractivity contribution in [1.82, 2.24) is 5.32 Å². The minimum Gasteiger partial charge on any atom is -0.399 e. The predicted molar refractivity (Wildman–Crippen MR) is 82.2 cm³/mol. The number of hydrogen-bond donors (Lipinski definition) is 3. The maximum atomic E-state index is 13.6. The van der Waals surface area contributed by atoms with Crippen LogP contribution in [-0.2, 0) is 0 Å². The van der Waals surface area contributed by atoms with Gasteiger partial charge in [0.1, 0.15) is 5.82 Å². The van der Waals surface area contributed by atoms with Crippen molar-refractivity contribution in [2.45, 2.75) is 6.10 Å². The fourth-order valence-corrected chi connectivity index (χ4v) is 2.15. The summed E-state index contributed by atoms with van der Waals surface area (Å²) in [5.41, 5.74) is 6.70. The van der Waals surface area contributed by atoms with Crippen LogP contribution in [0.5, 0.6) is 0 Å². The molecule has 1 atom stereocenters. The van der Waals surface area contributed by atoms with Crippen LogP contribution in [0.3, 0.4) is 0 Å². The zero-order chi connectivity index (χ0) is 15.4. The van der Waals surface area contributed by atoms with Gasteiger partial charge in [-0.1, -0.05) is 28.1 Å². The Morgan fingerprint density at radius 2 is 1.95 bits per heavy atom. The molecule has 2 rings (SSSR count). The van der Waals surface area contributed by atoms with Crippen molar-refractivity contribution in [2.75, 3.05) is 12.3 Å². The lowest BCUT2D eigenvalue weighted by molar-refractivity contribution is 0.0912. The molecule has 0 saturated carbocycles. The number of amides is 1. The maximum absolute atomic E-state index is 13.6. The molecular formula is C15H14BrFN2O2. The molecule has 0 radical (unpaired) electrons. The first-order valence-electron chi connectivity index (χ1n) is 6.24. The van der Waals surface area contributed by atoms with Crippen LogP contribution in [0.1, 0.15) is 22.0 Å². The molecule has 4 nitrogen and oxygen atoms in total. The standard InChI is InChI=1S/C15H14BrFN2O2/c16-10-3-6-13(17)12(7-10)15(21)19-8-14(20)9-1-4-11(18)5-2-9/h1-7,14,20H,8,18H2,(H,19,21). The van der Waals surface area contributed by atoms with Crippen LogP contribution in [0.2, 0.25) is 0 Å². The second kappa shape index (κ2) is 6.69. The first-order chi connectivity index (χ1) is 9.97. The molecule has 0 aliphatic rings. The summed E-state index contributed by atoms with van der Waals surface area (Å²) in [6.45, 7) is -0.0191. The van der Waals surface area contributed by atoms with Crippen molar-refractivity contribution in [1.29, 1.82) is 0 Å². The average Bonchev–Trinajstić information content (AvgIpc) is 2.47. The molecule has 2 aromatic carbocycles. The van der Waals surface area contributed by atoms with Crippen molar-refractivity contribution in [3.05, 3.63) is 63.9 Å². The van der Waals surface area contributed by atoms with E-state index in [2.05, 4.69) is 21.2 Å². The number of aliphatic hydroxyl groups excluding tert-OH is 1. The number of carbonyl (C=O) groups excluding carboxylic acids is 1. The number of carbonyl (C=O) groups is 1. The zero-order valence-corrected chi connectivity index (χ0v) is 12.6. The van der Waals surface area contributed by atoms with E-state index in [1.54, 1.807) is 24.3 Å². The first-order valence-corrected chi connectivity index (χ1v) is 7.03. The Morgan fingerprint density at radius 3 is 2.62 bits per heavy atom. The van der Waals surface area contributed by atoms with Gasteiger partial charge in [-0.2, -0.15) is 0 Å². The lowest BCUT2D eigenvalue weighted by Gasteiger charge is -2.13. The number of benzene rings is 2. The van der Waals surface area contributed by atoms with Crippen molar-refractivity contribution in [3.63, 3.8) is 0 Å². The monoisotopic (exact) mass is 352 g/mol. The summed E-state index contributed by atoms with van der Waals surface area (Å²) in [5.74, 6) is -1.19. The number of halogens is 2. The number of nitrogens with one attached hydrogen (secondary N) is 1. The van der Waals surface area contributed by atoms with Crippen molar-refractivity contribution in [3.8, 4) is 0 Å². The summed E-state index contributed by atoms with van der Waals surface area (Å²) < 4.78 is 14.2. The highest BCUT2D eigenvalue weighted by Crippen LogP contribution is 2.17. The largest absolute Gasteiger partial charge is 0.399 e. The molecule has 0 bridgehead atoms. The lowest BCUT2D eigenvalue weighted by Crippen LogP contribution is -2.29. The van der Waals surface area contributed by atoms with Gasteiger partial charge >= 0.3 is 0 Å². The van der Waals surface area contributed by atoms with Crippen LogP contribution >= 0.6 is 15.9 Å². The molecule has 0 spiro atoms. The third-order valence-corrected chi connectivity index (χ3v) is 3.44. The van der Waals surface area contributed by atoms with Gasteiger partial charge in [0.05, 0.1) is 11.7 Å². The number of anilines is 1. The third kappa shape index (κ3) is 4.03. The fourth-order valence-electron chi connectivity index (χ4n) is 1.79. The van der Waals surface area contributed by atoms with E-state index in [1.165, 1.54) is 18.2 Å². The predicted octanol–water partition coefficient (Wildman–Crippen LogP) is 2.63. The molecule has 4 N–H and O–H groups in total. The summed E-state index contributed by atoms with van der Waals surface area (Å²) in [6.07, 6.45) is -0.884. The molecule has 1 amide bonds. The van der Waals surface area contributed by atoms with Crippen molar-refractivity contribution >= 4 is 27.5 Å². The number of nitrogens with two attached hydrogens (primary N) is 1. The Hall–Kier alpha value is -1.92. The summed E-state index contributed by atoms with van der Waals surface area (Å²) in [6, 6.07) is 10.8. The van der Waals surface area contributed by atoms with Gasteiger partial charge in [0.25, 0.3) is 5.91 Å². The summed E-state index contributed by atoms with van der Waals surface area (Å²) in [4.78, 5) is 11.9. The molecule has 110 valence electrons. The highest BCUT2D eigenvalue weighted by atomic mass is 79.9. The zero-order valence-electron chi connectivity index (χ0n) is 11.0. The van der Waals surface area contributed by atoms with Gasteiger partial charge in [-0.05, 0) is 35.9 Å². The molecular weight excluding hydrogens is 339 g/mol. The topological polar surface area (TPSA) is 75.3 Å². The molecule has 0 aromatic heterocycles. The number of rotatable bonds is 4. The Labute approximate surface area is 129 Å². The smallest absolute Gasteiger partial charge is 0.254 e. The molecule has 6 heteroatoms. The molecule has 0 saturated heterocycles. The van der Waals surface area contributed by atoms with Gasteiger partial charge < -0.3 is 16.2 Å². The second-order valence-electron chi connectivity index (χ2n) is 4.52. The number of aliphatic hydroxyl groups is 1. The summed E-state index contributed by atoms with van der Waals surface area (Å²) in [7, 11) is 0.